The van der Waals surface area contributed by atoms with Gasteiger partial charge in [-0.05, 0) is 45.9 Å². The molecule has 0 spiro atoms. The van der Waals surface area contributed by atoms with Gasteiger partial charge < -0.3 is 5.32 Å². The summed E-state index contributed by atoms with van der Waals surface area (Å²) in [6.07, 6.45) is 5.07. The van der Waals surface area contributed by atoms with Crippen LogP contribution in [0.2, 0.25) is 0 Å². The van der Waals surface area contributed by atoms with Gasteiger partial charge in [0.1, 0.15) is 5.82 Å². The van der Waals surface area contributed by atoms with E-state index in [9.17, 15) is 0 Å². The molecule has 0 aromatic carbocycles. The van der Waals surface area contributed by atoms with E-state index in [1.807, 2.05) is 13.0 Å². The Hall–Kier alpha value is -1.22. The Kier molecular flexibility index (Phi) is 5.12. The molecule has 1 aromatic rings. The summed E-state index contributed by atoms with van der Waals surface area (Å²) in [5.74, 6) is 0.815. The molecule has 0 bridgehead atoms. The van der Waals surface area contributed by atoms with Gasteiger partial charge in [-0.2, -0.15) is 0 Å². The van der Waals surface area contributed by atoms with E-state index >= 15 is 0 Å². The van der Waals surface area contributed by atoms with E-state index < -0.39 is 0 Å². The summed E-state index contributed by atoms with van der Waals surface area (Å²) in [5, 5.41) is 3.46. The second kappa shape index (κ2) is 6.38. The molecular weight excluding hydrogens is 198 g/mol. The molecule has 0 fully saturated rings. The first-order valence-corrected chi connectivity index (χ1v) is 5.84. The minimum atomic E-state index is 0.398. The monoisotopic (exact) mass is 219 g/mol. The molecule has 0 aliphatic rings. The number of nitrogens with zero attached hydrogens (tertiary/aromatic N) is 2. The smallest absolute Gasteiger partial charge is 0.125 e. The third-order valence-corrected chi connectivity index (χ3v) is 2.56. The minimum Gasteiger partial charge on any atom is -0.311 e. The van der Waals surface area contributed by atoms with E-state index in [2.05, 4.69) is 42.1 Å². The normalized spacial score (nSPS) is 13.9. The highest BCUT2D eigenvalue weighted by Crippen LogP contribution is 2.07. The highest BCUT2D eigenvalue weighted by Gasteiger charge is 2.02. The first-order valence-electron chi connectivity index (χ1n) is 5.84. The van der Waals surface area contributed by atoms with Crippen LogP contribution < -0.4 is 5.32 Å². The lowest BCUT2D eigenvalue weighted by molar-refractivity contribution is 0.604. The number of hydrogen-bond donors (Lipinski definition) is 1. The van der Waals surface area contributed by atoms with E-state index in [1.54, 1.807) is 6.20 Å². The Morgan fingerprint density at radius 2 is 2.31 bits per heavy atom. The summed E-state index contributed by atoms with van der Waals surface area (Å²) in [7, 11) is 0. The van der Waals surface area contributed by atoms with Crippen molar-refractivity contribution in [3.8, 4) is 0 Å². The molecule has 3 heteroatoms. The molecule has 16 heavy (non-hydrogen) atoms. The van der Waals surface area contributed by atoms with Gasteiger partial charge in [0.15, 0.2) is 0 Å². The van der Waals surface area contributed by atoms with Crippen molar-refractivity contribution in [3.63, 3.8) is 0 Å². The molecule has 1 rings (SSSR count). The second-order valence-electron chi connectivity index (χ2n) is 4.09. The molecule has 88 valence electrons. The number of hydrogen-bond acceptors (Lipinski definition) is 3. The van der Waals surface area contributed by atoms with Crippen LogP contribution in [0.3, 0.4) is 0 Å². The molecule has 0 radical (unpaired) electrons. The maximum absolute atomic E-state index is 4.36. The molecule has 3 nitrogen and oxygen atoms in total. The Bertz CT molecular complexity index is 358. The Labute approximate surface area is 98.0 Å². The number of rotatable bonds is 5. The maximum Gasteiger partial charge on any atom is 0.125 e. The van der Waals surface area contributed by atoms with E-state index in [0.29, 0.717) is 6.04 Å². The van der Waals surface area contributed by atoms with Crippen LogP contribution in [0.15, 0.2) is 17.8 Å². The van der Waals surface area contributed by atoms with Crippen molar-refractivity contribution in [1.29, 1.82) is 0 Å². The van der Waals surface area contributed by atoms with Crippen LogP contribution in [0, 0.1) is 6.92 Å². The van der Waals surface area contributed by atoms with E-state index in [-0.39, 0.29) is 0 Å². The van der Waals surface area contributed by atoms with Crippen LogP contribution in [0.5, 0.6) is 0 Å². The van der Waals surface area contributed by atoms with Crippen LogP contribution in [-0.2, 0) is 0 Å². The lowest BCUT2D eigenvalue weighted by Crippen LogP contribution is -2.27. The number of aromatic nitrogens is 2. The fourth-order valence-corrected chi connectivity index (χ4v) is 1.43. The lowest BCUT2D eigenvalue weighted by atomic mass is 10.1. The maximum atomic E-state index is 4.36. The summed E-state index contributed by atoms with van der Waals surface area (Å²) < 4.78 is 0. The van der Waals surface area contributed by atoms with Gasteiger partial charge in [0.05, 0.1) is 5.69 Å². The standard InChI is InChI=1S/C13H21N3/c1-5-7-14-11(3)10(2)9-13-6-8-15-12(4)16-13/h6,8-9,11,14H,5,7H2,1-4H3/b10-9+. The van der Waals surface area contributed by atoms with Crippen LogP contribution in [-0.4, -0.2) is 22.6 Å². The van der Waals surface area contributed by atoms with Crippen LogP contribution in [0.25, 0.3) is 6.08 Å². The molecule has 1 N–H and O–H groups in total. The third kappa shape index (κ3) is 4.11. The van der Waals surface area contributed by atoms with Gasteiger partial charge >= 0.3 is 0 Å². The summed E-state index contributed by atoms with van der Waals surface area (Å²) >= 11 is 0. The van der Waals surface area contributed by atoms with Gasteiger partial charge in [0.25, 0.3) is 0 Å². The van der Waals surface area contributed by atoms with Gasteiger partial charge in [0.2, 0.25) is 0 Å². The van der Waals surface area contributed by atoms with E-state index in [0.717, 1.165) is 24.5 Å². The molecule has 0 aliphatic heterocycles. The fourth-order valence-electron chi connectivity index (χ4n) is 1.43. The minimum absolute atomic E-state index is 0.398. The molecule has 0 amide bonds. The quantitative estimate of drug-likeness (QED) is 0.827. The molecule has 1 heterocycles. The molecule has 1 aromatic heterocycles. The first-order chi connectivity index (χ1) is 7.63. The first kappa shape index (κ1) is 12.8. The Morgan fingerprint density at radius 1 is 1.56 bits per heavy atom. The van der Waals surface area contributed by atoms with Gasteiger partial charge in [-0.25, -0.2) is 9.97 Å². The van der Waals surface area contributed by atoms with Crippen molar-refractivity contribution in [3.05, 3.63) is 29.4 Å². The second-order valence-corrected chi connectivity index (χ2v) is 4.09. The zero-order chi connectivity index (χ0) is 12.0. The topological polar surface area (TPSA) is 37.8 Å². The SMILES string of the molecule is CCCNC(C)/C(C)=C/c1ccnc(C)n1. The highest BCUT2D eigenvalue weighted by atomic mass is 14.9. The Morgan fingerprint density at radius 3 is 2.94 bits per heavy atom. The number of aryl methyl sites for hydroxylation is 1. The predicted octanol–water partition coefficient (Wildman–Crippen LogP) is 2.58. The highest BCUT2D eigenvalue weighted by molar-refractivity contribution is 5.49. The molecule has 0 saturated heterocycles. The van der Waals surface area contributed by atoms with Crippen LogP contribution >= 0.6 is 0 Å². The van der Waals surface area contributed by atoms with E-state index in [1.165, 1.54) is 5.57 Å². The Balaban J connectivity index is 2.68. The van der Waals surface area contributed by atoms with Crippen molar-refractivity contribution in [2.75, 3.05) is 6.54 Å². The van der Waals surface area contributed by atoms with Gasteiger partial charge in [-0.15, -0.1) is 0 Å². The molecule has 1 atom stereocenters. The average Bonchev–Trinajstić information content (AvgIpc) is 2.25. The van der Waals surface area contributed by atoms with Crippen molar-refractivity contribution in [1.82, 2.24) is 15.3 Å². The molecule has 0 saturated carbocycles. The van der Waals surface area contributed by atoms with Crippen LogP contribution in [0.1, 0.15) is 38.7 Å². The molecule has 0 aliphatic carbocycles. The van der Waals surface area contributed by atoms with Gasteiger partial charge in [0, 0.05) is 12.2 Å². The van der Waals surface area contributed by atoms with Crippen LogP contribution in [0.4, 0.5) is 0 Å². The summed E-state index contributed by atoms with van der Waals surface area (Å²) in [5.41, 5.74) is 2.28. The van der Waals surface area contributed by atoms with E-state index in [4.69, 9.17) is 0 Å². The van der Waals surface area contributed by atoms with Gasteiger partial charge in [-0.1, -0.05) is 12.5 Å². The van der Waals surface area contributed by atoms with Crippen molar-refractivity contribution < 1.29 is 0 Å². The predicted molar refractivity (Wildman–Crippen MR) is 68.2 cm³/mol. The largest absolute Gasteiger partial charge is 0.311 e. The summed E-state index contributed by atoms with van der Waals surface area (Å²) in [4.78, 5) is 8.45. The zero-order valence-corrected chi connectivity index (χ0v) is 10.6. The zero-order valence-electron chi connectivity index (χ0n) is 10.6. The lowest BCUT2D eigenvalue weighted by Gasteiger charge is -2.13. The third-order valence-electron chi connectivity index (χ3n) is 2.56. The van der Waals surface area contributed by atoms with Crippen molar-refractivity contribution in [2.24, 2.45) is 0 Å². The average molecular weight is 219 g/mol. The van der Waals surface area contributed by atoms with Gasteiger partial charge in [-0.3, -0.25) is 0 Å². The fraction of sp³-hybridized carbons (Fsp3) is 0.538. The van der Waals surface area contributed by atoms with Crippen molar-refractivity contribution >= 4 is 6.08 Å². The molecular formula is C13H21N3. The summed E-state index contributed by atoms with van der Waals surface area (Å²) in [6.45, 7) is 9.44. The number of nitrogens with one attached hydrogen (secondary N) is 1. The summed E-state index contributed by atoms with van der Waals surface area (Å²) in [6, 6.07) is 2.33. The molecule has 1 unspecified atom stereocenters. The van der Waals surface area contributed by atoms with Crippen molar-refractivity contribution in [2.45, 2.75) is 40.2 Å².